The summed E-state index contributed by atoms with van der Waals surface area (Å²) in [6.07, 6.45) is -3.39. The first-order valence-electron chi connectivity index (χ1n) is 22.2. The van der Waals surface area contributed by atoms with Crippen LogP contribution < -0.4 is 10.6 Å². The molecule has 10 atom stereocenters. The van der Waals surface area contributed by atoms with Gasteiger partial charge in [-0.05, 0) is 28.9 Å². The third-order valence-electron chi connectivity index (χ3n) is 12.4. The standard InChI is InChI=1S/C48H72FN5O10/c1-13-31(6)42(52(8)46(58)40(29(2)3)51-45(57)41(30(4)5)53(9)48(60)64-28-34-22-18-15-19-23-34)38(61-10)26-39(55)54-27-35(49)25-37(54)43(62-11)32(7)44(56)50-36(47(59)63-12)24-33-20-16-14-17-21-33/h14-23,29-32,35-38,40-43H,13,24-28H2,1-12H3,(H,50,56)(H,51,57)/t31-,32+,35-,36?,37-,38?,40-,41?,42-,43?/m0/s1. The Labute approximate surface area is 379 Å². The number of carbonyl (C=O) groups excluding carboxylic acids is 6. The molecule has 1 heterocycles. The lowest BCUT2D eigenvalue weighted by atomic mass is 9.89. The third-order valence-corrected chi connectivity index (χ3v) is 12.4. The molecule has 0 spiro atoms. The zero-order chi connectivity index (χ0) is 47.8. The van der Waals surface area contributed by atoms with Gasteiger partial charge in [-0.1, -0.05) is 116 Å². The van der Waals surface area contributed by atoms with E-state index in [1.807, 2.05) is 88.4 Å². The van der Waals surface area contributed by atoms with Gasteiger partial charge in [0.05, 0.1) is 50.3 Å². The molecule has 356 valence electrons. The Bertz CT molecular complexity index is 1820. The fourth-order valence-electron chi connectivity index (χ4n) is 8.59. The molecule has 1 fully saturated rings. The molecule has 0 aromatic heterocycles. The van der Waals surface area contributed by atoms with Crippen LogP contribution in [0, 0.1) is 23.7 Å². The first-order valence-corrected chi connectivity index (χ1v) is 22.2. The summed E-state index contributed by atoms with van der Waals surface area (Å²) in [6.45, 7) is 12.5. The molecule has 1 aliphatic rings. The van der Waals surface area contributed by atoms with Gasteiger partial charge in [0.15, 0.2) is 0 Å². The van der Waals surface area contributed by atoms with Gasteiger partial charge in [-0.25, -0.2) is 14.0 Å². The number of benzene rings is 2. The number of ether oxygens (including phenoxy) is 4. The van der Waals surface area contributed by atoms with Crippen LogP contribution in [0.25, 0.3) is 0 Å². The summed E-state index contributed by atoms with van der Waals surface area (Å²) in [5.74, 6) is -4.36. The number of halogens is 1. The molecule has 0 radical (unpaired) electrons. The highest BCUT2D eigenvalue weighted by molar-refractivity contribution is 5.92. The number of esters is 1. The van der Waals surface area contributed by atoms with E-state index in [0.29, 0.717) is 6.42 Å². The highest BCUT2D eigenvalue weighted by atomic mass is 19.1. The molecule has 15 nitrogen and oxygen atoms in total. The second-order valence-electron chi connectivity index (χ2n) is 17.6. The van der Waals surface area contributed by atoms with E-state index in [2.05, 4.69) is 10.6 Å². The minimum Gasteiger partial charge on any atom is -0.467 e. The molecule has 0 saturated carbocycles. The van der Waals surface area contributed by atoms with E-state index in [9.17, 15) is 28.8 Å². The normalized spacial score (nSPS) is 18.8. The molecule has 2 N–H and O–H groups in total. The number of nitrogens with one attached hydrogen (secondary N) is 2. The van der Waals surface area contributed by atoms with Crippen molar-refractivity contribution in [1.29, 1.82) is 0 Å². The Hall–Kier alpha value is -5.09. The van der Waals surface area contributed by atoms with E-state index in [0.717, 1.165) is 11.1 Å². The average molecular weight is 898 g/mol. The van der Waals surface area contributed by atoms with Crippen molar-refractivity contribution in [3.05, 3.63) is 71.8 Å². The Morgan fingerprint density at radius 1 is 0.797 bits per heavy atom. The minimum absolute atomic E-state index is 0.0268. The molecule has 0 aliphatic carbocycles. The Kier molecular flexibility index (Phi) is 21.1. The number of hydrogen-bond donors (Lipinski definition) is 2. The first-order chi connectivity index (χ1) is 30.3. The second kappa shape index (κ2) is 25.4. The quantitative estimate of drug-likeness (QED) is 0.142. The molecule has 16 heteroatoms. The van der Waals surface area contributed by atoms with Crippen molar-refractivity contribution in [2.75, 3.05) is 42.0 Å². The lowest BCUT2D eigenvalue weighted by Crippen LogP contribution is -2.60. The van der Waals surface area contributed by atoms with E-state index >= 15 is 4.39 Å². The summed E-state index contributed by atoms with van der Waals surface area (Å²) in [5.41, 5.74) is 1.60. The van der Waals surface area contributed by atoms with Crippen LogP contribution in [0.3, 0.4) is 0 Å². The highest BCUT2D eigenvalue weighted by Crippen LogP contribution is 2.31. The number of methoxy groups -OCH3 is 3. The number of nitrogens with zero attached hydrogens (tertiary/aromatic N) is 3. The van der Waals surface area contributed by atoms with Crippen molar-refractivity contribution in [1.82, 2.24) is 25.3 Å². The van der Waals surface area contributed by atoms with Gasteiger partial charge in [0.25, 0.3) is 0 Å². The van der Waals surface area contributed by atoms with Crippen molar-refractivity contribution < 1.29 is 52.1 Å². The molecule has 3 rings (SSSR count). The summed E-state index contributed by atoms with van der Waals surface area (Å²) in [5, 5.41) is 5.69. The molecule has 4 unspecified atom stereocenters. The fraction of sp³-hybridized carbons (Fsp3) is 0.625. The topological polar surface area (TPSA) is 173 Å². The summed E-state index contributed by atoms with van der Waals surface area (Å²) in [6, 6.07) is 13.9. The molecule has 2 aromatic rings. The van der Waals surface area contributed by atoms with Gasteiger partial charge in [0.2, 0.25) is 23.6 Å². The monoisotopic (exact) mass is 898 g/mol. The SMILES string of the molecule is CC[C@H](C)[C@@H](C(CC(=O)N1C[C@@H](F)C[C@H]1C(OC)[C@@H](C)C(=O)NC(Cc1ccccc1)C(=O)OC)OC)N(C)C(=O)[C@@H](NC(=O)C(C(C)C)N(C)C(=O)OCc1ccccc1)C(C)C. The van der Waals surface area contributed by atoms with E-state index in [-0.39, 0.29) is 50.2 Å². The van der Waals surface area contributed by atoms with E-state index in [1.54, 1.807) is 27.8 Å². The van der Waals surface area contributed by atoms with E-state index in [1.165, 1.54) is 43.1 Å². The van der Waals surface area contributed by atoms with Crippen molar-refractivity contribution in [3.8, 4) is 0 Å². The van der Waals surface area contributed by atoms with Crippen LogP contribution in [0.15, 0.2) is 60.7 Å². The second-order valence-corrected chi connectivity index (χ2v) is 17.6. The predicted molar refractivity (Wildman–Crippen MR) is 240 cm³/mol. The van der Waals surface area contributed by atoms with Crippen LogP contribution in [0.1, 0.15) is 78.9 Å². The molecule has 2 aromatic carbocycles. The van der Waals surface area contributed by atoms with Gasteiger partial charge in [-0.2, -0.15) is 0 Å². The number of alkyl halides is 1. The van der Waals surface area contributed by atoms with Crippen molar-refractivity contribution in [2.45, 2.75) is 129 Å². The van der Waals surface area contributed by atoms with Gasteiger partial charge in [-0.3, -0.25) is 24.1 Å². The Morgan fingerprint density at radius 3 is 1.91 bits per heavy atom. The lowest BCUT2D eigenvalue weighted by molar-refractivity contribution is -0.149. The molecule has 5 amide bonds. The molecule has 1 saturated heterocycles. The molecular weight excluding hydrogens is 826 g/mol. The van der Waals surface area contributed by atoms with Crippen molar-refractivity contribution in [2.24, 2.45) is 23.7 Å². The number of hydrogen-bond acceptors (Lipinski definition) is 10. The van der Waals surface area contributed by atoms with Gasteiger partial charge in [0.1, 0.15) is 30.9 Å². The summed E-state index contributed by atoms with van der Waals surface area (Å²) in [4.78, 5) is 86.6. The van der Waals surface area contributed by atoms with Crippen molar-refractivity contribution >= 4 is 35.7 Å². The Balaban J connectivity index is 1.80. The summed E-state index contributed by atoms with van der Waals surface area (Å²) < 4.78 is 37.7. The van der Waals surface area contributed by atoms with Crippen LogP contribution in [-0.2, 0) is 55.9 Å². The van der Waals surface area contributed by atoms with Gasteiger partial charge >= 0.3 is 12.1 Å². The average Bonchev–Trinajstić information content (AvgIpc) is 3.67. The van der Waals surface area contributed by atoms with Gasteiger partial charge in [-0.15, -0.1) is 0 Å². The molecule has 1 aliphatic heterocycles. The van der Waals surface area contributed by atoms with Crippen LogP contribution in [0.4, 0.5) is 9.18 Å². The zero-order valence-corrected chi connectivity index (χ0v) is 39.7. The van der Waals surface area contributed by atoms with E-state index < -0.39 is 90.2 Å². The van der Waals surface area contributed by atoms with Crippen molar-refractivity contribution in [3.63, 3.8) is 0 Å². The zero-order valence-electron chi connectivity index (χ0n) is 39.7. The number of rotatable bonds is 23. The molecule has 0 bridgehead atoms. The summed E-state index contributed by atoms with van der Waals surface area (Å²) >= 11 is 0. The first kappa shape index (κ1) is 53.2. The smallest absolute Gasteiger partial charge is 0.410 e. The number of likely N-dealkylation sites (N-methyl/N-ethyl adjacent to an activating group) is 2. The maximum absolute atomic E-state index is 15.4. The molecule has 64 heavy (non-hydrogen) atoms. The largest absolute Gasteiger partial charge is 0.467 e. The predicted octanol–water partition coefficient (Wildman–Crippen LogP) is 5.19. The lowest BCUT2D eigenvalue weighted by Gasteiger charge is -2.41. The third kappa shape index (κ3) is 14.2. The number of likely N-dealkylation sites (tertiary alicyclic amines) is 1. The maximum atomic E-state index is 15.4. The van der Waals surface area contributed by atoms with Gasteiger partial charge < -0.3 is 39.4 Å². The van der Waals surface area contributed by atoms with E-state index in [4.69, 9.17) is 18.9 Å². The highest BCUT2D eigenvalue weighted by Gasteiger charge is 2.46. The minimum atomic E-state index is -1.40. The van der Waals surface area contributed by atoms with Crippen LogP contribution in [0.2, 0.25) is 0 Å². The Morgan fingerprint density at radius 2 is 1.39 bits per heavy atom. The molecular formula is C48H72FN5O10. The number of amides is 5. The fourth-order valence-corrected chi connectivity index (χ4v) is 8.59. The number of carbonyl (C=O) groups is 6. The van der Waals surface area contributed by atoms with Crippen LogP contribution >= 0.6 is 0 Å². The van der Waals surface area contributed by atoms with Crippen LogP contribution in [0.5, 0.6) is 0 Å². The summed E-state index contributed by atoms with van der Waals surface area (Å²) in [7, 11) is 7.18. The maximum Gasteiger partial charge on any atom is 0.410 e. The van der Waals surface area contributed by atoms with Crippen LogP contribution in [-0.4, -0.2) is 141 Å². The van der Waals surface area contributed by atoms with Gasteiger partial charge in [0, 0.05) is 41.2 Å².